The Balaban J connectivity index is 2.31. The van der Waals surface area contributed by atoms with E-state index in [-0.39, 0.29) is 19.1 Å². The molecule has 0 aliphatic rings. The van der Waals surface area contributed by atoms with Gasteiger partial charge in [0.1, 0.15) is 12.6 Å². The van der Waals surface area contributed by atoms with Gasteiger partial charge in [-0.2, -0.15) is 0 Å². The Morgan fingerprint density at radius 2 is 2.05 bits per heavy atom. The number of carbonyl (C=O) groups is 2. The first-order valence-corrected chi connectivity index (χ1v) is 5.82. The lowest BCUT2D eigenvalue weighted by Crippen LogP contribution is -2.45. The maximum Gasteiger partial charge on any atom is 0.408 e. The smallest absolute Gasteiger partial charge is 0.408 e. The number of benzene rings is 1. The molecule has 0 heterocycles. The Bertz CT molecular complexity index is 465. The van der Waals surface area contributed by atoms with Crippen molar-refractivity contribution in [1.82, 2.24) is 10.6 Å². The molecule has 0 saturated carbocycles. The molecular weight excluding hydrogens is 244 g/mol. The molecule has 0 aliphatic heterocycles. The monoisotopic (exact) mass is 260 g/mol. The minimum absolute atomic E-state index is 0.129. The lowest BCUT2D eigenvalue weighted by atomic mass is 10.2. The topological polar surface area (TPSA) is 67.4 Å². The predicted molar refractivity (Wildman–Crippen MR) is 71.1 cm³/mol. The summed E-state index contributed by atoms with van der Waals surface area (Å²) < 4.78 is 4.98. The largest absolute Gasteiger partial charge is 0.445 e. The zero-order chi connectivity index (χ0) is 14.1. The lowest BCUT2D eigenvalue weighted by molar-refractivity contribution is -0.122. The van der Waals surface area contributed by atoms with Crippen LogP contribution < -0.4 is 10.6 Å². The number of terminal acetylenes is 1. The molecule has 100 valence electrons. The third kappa shape index (κ3) is 5.59. The molecule has 0 unspecified atom stereocenters. The fourth-order valence-corrected chi connectivity index (χ4v) is 1.30. The average molecular weight is 260 g/mol. The van der Waals surface area contributed by atoms with E-state index in [0.717, 1.165) is 5.56 Å². The number of nitrogens with one attached hydrogen (secondary N) is 2. The molecule has 19 heavy (non-hydrogen) atoms. The van der Waals surface area contributed by atoms with E-state index in [4.69, 9.17) is 11.2 Å². The molecule has 2 N–H and O–H groups in total. The van der Waals surface area contributed by atoms with Gasteiger partial charge in [0, 0.05) is 0 Å². The summed E-state index contributed by atoms with van der Waals surface area (Å²) in [6.07, 6.45) is 4.37. The Labute approximate surface area is 112 Å². The van der Waals surface area contributed by atoms with E-state index in [2.05, 4.69) is 16.6 Å². The number of ether oxygens (including phenoxy) is 1. The van der Waals surface area contributed by atoms with Crippen molar-refractivity contribution in [2.24, 2.45) is 0 Å². The number of carbonyl (C=O) groups excluding carboxylic acids is 2. The van der Waals surface area contributed by atoms with Crippen molar-refractivity contribution < 1.29 is 14.3 Å². The summed E-state index contributed by atoms with van der Waals surface area (Å²) in [5.41, 5.74) is 0.877. The molecule has 5 nitrogen and oxygen atoms in total. The summed E-state index contributed by atoms with van der Waals surface area (Å²) in [6, 6.07) is 8.57. The van der Waals surface area contributed by atoms with Crippen LogP contribution >= 0.6 is 0 Å². The van der Waals surface area contributed by atoms with Crippen molar-refractivity contribution in [3.63, 3.8) is 0 Å². The zero-order valence-corrected chi connectivity index (χ0v) is 10.7. The highest BCUT2D eigenvalue weighted by molar-refractivity contribution is 5.85. The first-order valence-electron chi connectivity index (χ1n) is 5.82. The van der Waals surface area contributed by atoms with Crippen molar-refractivity contribution in [1.29, 1.82) is 0 Å². The van der Waals surface area contributed by atoms with Crippen molar-refractivity contribution in [2.45, 2.75) is 19.6 Å². The number of hydrogen-bond acceptors (Lipinski definition) is 3. The Morgan fingerprint density at radius 1 is 1.37 bits per heavy atom. The highest BCUT2D eigenvalue weighted by Gasteiger charge is 2.15. The molecule has 0 spiro atoms. The average Bonchev–Trinajstić information content (AvgIpc) is 2.43. The summed E-state index contributed by atoms with van der Waals surface area (Å²) in [6.45, 7) is 1.84. The summed E-state index contributed by atoms with van der Waals surface area (Å²) in [5.74, 6) is 1.93. The van der Waals surface area contributed by atoms with Crippen LogP contribution in [-0.2, 0) is 16.1 Å². The van der Waals surface area contributed by atoms with Crippen LogP contribution in [0.3, 0.4) is 0 Å². The minimum atomic E-state index is -0.698. The molecule has 5 heteroatoms. The Morgan fingerprint density at radius 3 is 2.68 bits per heavy atom. The van der Waals surface area contributed by atoms with E-state index in [1.165, 1.54) is 0 Å². The second-order valence-corrected chi connectivity index (χ2v) is 3.85. The highest BCUT2D eigenvalue weighted by Crippen LogP contribution is 2.00. The summed E-state index contributed by atoms with van der Waals surface area (Å²) in [5, 5.41) is 4.88. The van der Waals surface area contributed by atoms with E-state index < -0.39 is 12.1 Å². The second kappa shape index (κ2) is 7.77. The van der Waals surface area contributed by atoms with Gasteiger partial charge in [-0.1, -0.05) is 36.3 Å². The molecule has 0 radical (unpaired) electrons. The first kappa shape index (κ1) is 14.6. The van der Waals surface area contributed by atoms with Gasteiger partial charge in [0.15, 0.2) is 0 Å². The van der Waals surface area contributed by atoms with Crippen molar-refractivity contribution in [2.75, 3.05) is 6.54 Å². The number of rotatable bonds is 5. The molecule has 1 atom stereocenters. The van der Waals surface area contributed by atoms with Crippen LogP contribution in [-0.4, -0.2) is 24.6 Å². The predicted octanol–water partition coefficient (Wildman–Crippen LogP) is 1.05. The van der Waals surface area contributed by atoms with Gasteiger partial charge < -0.3 is 15.4 Å². The van der Waals surface area contributed by atoms with Crippen LogP contribution in [0.1, 0.15) is 12.5 Å². The normalized spacial score (nSPS) is 10.9. The van der Waals surface area contributed by atoms with E-state index in [9.17, 15) is 9.59 Å². The van der Waals surface area contributed by atoms with Gasteiger partial charge in [-0.15, -0.1) is 6.42 Å². The first-order chi connectivity index (χ1) is 9.13. The van der Waals surface area contributed by atoms with E-state index in [1.807, 2.05) is 30.3 Å². The molecule has 1 aromatic rings. The van der Waals surface area contributed by atoms with Crippen molar-refractivity contribution in [3.8, 4) is 12.3 Å². The minimum Gasteiger partial charge on any atom is -0.445 e. The molecule has 1 aromatic carbocycles. The van der Waals surface area contributed by atoms with Gasteiger partial charge in [0.05, 0.1) is 6.54 Å². The summed E-state index contributed by atoms with van der Waals surface area (Å²) in [4.78, 5) is 22.9. The highest BCUT2D eigenvalue weighted by atomic mass is 16.5. The fourth-order valence-electron chi connectivity index (χ4n) is 1.30. The number of alkyl carbamates (subject to hydrolysis) is 1. The zero-order valence-electron chi connectivity index (χ0n) is 10.7. The van der Waals surface area contributed by atoms with Gasteiger partial charge in [0.25, 0.3) is 0 Å². The molecule has 2 amide bonds. The van der Waals surface area contributed by atoms with Crippen LogP contribution in [0.4, 0.5) is 4.79 Å². The molecule has 1 rings (SSSR count). The van der Waals surface area contributed by atoms with Gasteiger partial charge in [-0.25, -0.2) is 4.79 Å². The van der Waals surface area contributed by atoms with Crippen molar-refractivity contribution in [3.05, 3.63) is 35.9 Å². The van der Waals surface area contributed by atoms with Gasteiger partial charge in [-0.3, -0.25) is 4.79 Å². The summed E-state index contributed by atoms with van der Waals surface area (Å²) in [7, 11) is 0. The van der Waals surface area contributed by atoms with E-state index in [0.29, 0.717) is 0 Å². The SMILES string of the molecule is C#CCNC(=O)[C@H](C)NC(=O)OCc1ccccc1. The quantitative estimate of drug-likeness (QED) is 0.778. The van der Waals surface area contributed by atoms with Gasteiger partial charge in [-0.05, 0) is 12.5 Å². The van der Waals surface area contributed by atoms with Crippen molar-refractivity contribution >= 4 is 12.0 Å². The van der Waals surface area contributed by atoms with Crippen LogP contribution in [0, 0.1) is 12.3 Å². The maximum atomic E-state index is 11.5. The van der Waals surface area contributed by atoms with E-state index in [1.54, 1.807) is 6.92 Å². The van der Waals surface area contributed by atoms with E-state index >= 15 is 0 Å². The Kier molecular flexibility index (Phi) is 5.96. The van der Waals surface area contributed by atoms with Crippen LogP contribution in [0.2, 0.25) is 0 Å². The molecule has 0 fully saturated rings. The maximum absolute atomic E-state index is 11.5. The molecular formula is C14H16N2O3. The second-order valence-electron chi connectivity index (χ2n) is 3.85. The molecule has 0 aliphatic carbocycles. The number of amides is 2. The fraction of sp³-hybridized carbons (Fsp3) is 0.286. The number of hydrogen-bond donors (Lipinski definition) is 2. The standard InChI is InChI=1S/C14H16N2O3/c1-3-9-15-13(17)11(2)16-14(18)19-10-12-7-5-4-6-8-12/h1,4-8,11H,9-10H2,2H3,(H,15,17)(H,16,18)/t11-/m0/s1. The van der Waals surface area contributed by atoms with Crippen LogP contribution in [0.15, 0.2) is 30.3 Å². The molecule has 0 bridgehead atoms. The lowest BCUT2D eigenvalue weighted by Gasteiger charge is -2.13. The van der Waals surface area contributed by atoms with Crippen LogP contribution in [0.25, 0.3) is 0 Å². The summed E-state index contributed by atoms with van der Waals surface area (Å²) >= 11 is 0. The third-order valence-electron chi connectivity index (χ3n) is 2.31. The molecule has 0 aromatic heterocycles. The van der Waals surface area contributed by atoms with Gasteiger partial charge >= 0.3 is 6.09 Å². The van der Waals surface area contributed by atoms with Crippen LogP contribution in [0.5, 0.6) is 0 Å². The van der Waals surface area contributed by atoms with Gasteiger partial charge in [0.2, 0.25) is 5.91 Å². The Hall–Kier alpha value is -2.48. The third-order valence-corrected chi connectivity index (χ3v) is 2.31. The molecule has 0 saturated heterocycles.